The van der Waals surface area contributed by atoms with Crippen molar-refractivity contribution < 1.29 is 17.6 Å². The normalized spacial score (nSPS) is 11.8. The molecule has 0 atom stereocenters. The lowest BCUT2D eigenvalue weighted by Gasteiger charge is -2.06. The number of nitrogens with one attached hydrogen (secondary N) is 1. The Kier molecular flexibility index (Phi) is 4.02. The second kappa shape index (κ2) is 5.73. The Labute approximate surface area is 112 Å². The Morgan fingerprint density at radius 1 is 1.00 bits per heavy atom. The molecule has 2 rings (SSSR count). The highest BCUT2D eigenvalue weighted by Crippen LogP contribution is 2.29. The first-order valence-corrected chi connectivity index (χ1v) is 5.67. The lowest BCUT2D eigenvalue weighted by atomic mass is 10.1. The Balaban J connectivity index is 2.06. The molecule has 2 aromatic carbocycles. The van der Waals surface area contributed by atoms with E-state index in [9.17, 15) is 17.6 Å². The third-order valence-corrected chi connectivity index (χ3v) is 2.47. The molecule has 0 aromatic heterocycles. The second-order valence-corrected chi connectivity index (χ2v) is 4.00. The predicted molar refractivity (Wildman–Crippen MR) is 69.1 cm³/mol. The zero-order valence-corrected chi connectivity index (χ0v) is 10.2. The van der Waals surface area contributed by atoms with E-state index in [1.54, 1.807) is 0 Å². The minimum atomic E-state index is -4.38. The molecule has 6 heteroatoms. The summed E-state index contributed by atoms with van der Waals surface area (Å²) < 4.78 is 50.1. The van der Waals surface area contributed by atoms with E-state index in [0.717, 1.165) is 12.1 Å². The molecule has 0 heterocycles. The highest BCUT2D eigenvalue weighted by atomic mass is 19.4. The summed E-state index contributed by atoms with van der Waals surface area (Å²) in [6, 6.07) is 10.2. The van der Waals surface area contributed by atoms with E-state index < -0.39 is 11.7 Å². The molecule has 0 unspecified atom stereocenters. The van der Waals surface area contributed by atoms with Gasteiger partial charge in [0.2, 0.25) is 0 Å². The van der Waals surface area contributed by atoms with Crippen LogP contribution in [0.1, 0.15) is 11.1 Å². The fraction of sp³-hybridized carbons (Fsp3) is 0.0714. The van der Waals surface area contributed by atoms with Crippen molar-refractivity contribution in [2.45, 2.75) is 6.18 Å². The molecule has 0 saturated heterocycles. The minimum absolute atomic E-state index is 0.314. The topological polar surface area (TPSA) is 24.4 Å². The highest BCUT2D eigenvalue weighted by molar-refractivity contribution is 5.80. The maximum absolute atomic E-state index is 12.7. The number of halogens is 4. The standard InChI is InChI=1S/C14H10F4N2/c15-12-4-6-13(7-5-12)20-19-9-10-2-1-3-11(8-10)14(16,17)18/h1-9,20H/b19-9-. The van der Waals surface area contributed by atoms with Crippen molar-refractivity contribution in [1.82, 2.24) is 0 Å². The number of hydrogen-bond acceptors (Lipinski definition) is 2. The number of nitrogens with zero attached hydrogens (tertiary/aromatic N) is 1. The molecule has 1 N–H and O–H groups in total. The van der Waals surface area contributed by atoms with Crippen LogP contribution in [0.15, 0.2) is 53.6 Å². The van der Waals surface area contributed by atoms with Gasteiger partial charge in [-0.3, -0.25) is 5.43 Å². The predicted octanol–water partition coefficient (Wildman–Crippen LogP) is 4.29. The first-order chi connectivity index (χ1) is 9.45. The van der Waals surface area contributed by atoms with Gasteiger partial charge in [0.1, 0.15) is 5.82 Å². The van der Waals surface area contributed by atoms with E-state index in [1.165, 1.54) is 42.6 Å². The summed E-state index contributed by atoms with van der Waals surface area (Å²) in [5.74, 6) is -0.377. The number of hydrazone groups is 1. The van der Waals surface area contributed by atoms with Gasteiger partial charge in [0.05, 0.1) is 17.5 Å². The molecule has 0 radical (unpaired) electrons. The molecular formula is C14H10F4N2. The van der Waals surface area contributed by atoms with E-state index in [1.807, 2.05) is 0 Å². The zero-order chi connectivity index (χ0) is 14.6. The molecule has 20 heavy (non-hydrogen) atoms. The van der Waals surface area contributed by atoms with Crippen LogP contribution in [0.2, 0.25) is 0 Å². The molecule has 0 aliphatic carbocycles. The van der Waals surface area contributed by atoms with Crippen molar-refractivity contribution in [2.24, 2.45) is 5.10 Å². The Morgan fingerprint density at radius 3 is 2.35 bits per heavy atom. The third kappa shape index (κ3) is 3.81. The van der Waals surface area contributed by atoms with Crippen LogP contribution >= 0.6 is 0 Å². The van der Waals surface area contributed by atoms with Crippen molar-refractivity contribution in [3.63, 3.8) is 0 Å². The number of benzene rings is 2. The Hall–Kier alpha value is -2.37. The molecule has 0 spiro atoms. The molecule has 0 aliphatic heterocycles. The van der Waals surface area contributed by atoms with Crippen molar-refractivity contribution in [2.75, 3.05) is 5.43 Å². The summed E-state index contributed by atoms with van der Waals surface area (Å²) in [7, 11) is 0. The van der Waals surface area contributed by atoms with Crippen molar-refractivity contribution >= 4 is 11.9 Å². The molecule has 2 aromatic rings. The summed E-state index contributed by atoms with van der Waals surface area (Å²) in [6.45, 7) is 0. The summed E-state index contributed by atoms with van der Waals surface area (Å²) in [6.07, 6.45) is -3.12. The van der Waals surface area contributed by atoms with E-state index >= 15 is 0 Å². The molecule has 2 nitrogen and oxygen atoms in total. The summed E-state index contributed by atoms with van der Waals surface area (Å²) in [5, 5.41) is 3.80. The van der Waals surface area contributed by atoms with Gasteiger partial charge >= 0.3 is 6.18 Å². The van der Waals surface area contributed by atoms with Gasteiger partial charge in [-0.25, -0.2) is 4.39 Å². The Morgan fingerprint density at radius 2 is 1.70 bits per heavy atom. The minimum Gasteiger partial charge on any atom is -0.279 e. The number of hydrogen-bond donors (Lipinski definition) is 1. The van der Waals surface area contributed by atoms with Crippen LogP contribution in [0.3, 0.4) is 0 Å². The molecule has 0 amide bonds. The lowest BCUT2D eigenvalue weighted by molar-refractivity contribution is -0.137. The van der Waals surface area contributed by atoms with Crippen LogP contribution in [0, 0.1) is 5.82 Å². The van der Waals surface area contributed by atoms with Crippen LogP contribution in [-0.2, 0) is 6.18 Å². The first-order valence-electron chi connectivity index (χ1n) is 5.67. The number of alkyl halides is 3. The van der Waals surface area contributed by atoms with Gasteiger partial charge in [-0.05, 0) is 42.0 Å². The summed E-state index contributed by atoms with van der Waals surface area (Å²) >= 11 is 0. The van der Waals surface area contributed by atoms with Crippen LogP contribution in [0.5, 0.6) is 0 Å². The van der Waals surface area contributed by atoms with Gasteiger partial charge in [-0.15, -0.1) is 0 Å². The van der Waals surface area contributed by atoms with Gasteiger partial charge in [0, 0.05) is 0 Å². The second-order valence-electron chi connectivity index (χ2n) is 4.00. The first kappa shape index (κ1) is 14.0. The average molecular weight is 282 g/mol. The summed E-state index contributed by atoms with van der Waals surface area (Å²) in [5.41, 5.74) is 2.72. The molecule has 104 valence electrons. The molecule has 0 bridgehead atoms. The van der Waals surface area contributed by atoms with Gasteiger partial charge in [-0.1, -0.05) is 12.1 Å². The summed E-state index contributed by atoms with van der Waals surface area (Å²) in [4.78, 5) is 0. The molecular weight excluding hydrogens is 272 g/mol. The largest absolute Gasteiger partial charge is 0.416 e. The lowest BCUT2D eigenvalue weighted by Crippen LogP contribution is -2.05. The van der Waals surface area contributed by atoms with Gasteiger partial charge in [0.25, 0.3) is 0 Å². The fourth-order valence-corrected chi connectivity index (χ4v) is 1.50. The van der Waals surface area contributed by atoms with Gasteiger partial charge < -0.3 is 0 Å². The van der Waals surface area contributed by atoms with Gasteiger partial charge in [-0.2, -0.15) is 18.3 Å². The van der Waals surface area contributed by atoms with Crippen LogP contribution in [0.25, 0.3) is 0 Å². The molecule has 0 fully saturated rings. The van der Waals surface area contributed by atoms with E-state index in [-0.39, 0.29) is 5.82 Å². The van der Waals surface area contributed by atoms with Crippen LogP contribution < -0.4 is 5.43 Å². The van der Waals surface area contributed by atoms with Crippen LogP contribution in [-0.4, -0.2) is 6.21 Å². The SMILES string of the molecule is Fc1ccc(N/N=C\c2cccc(C(F)(F)F)c2)cc1. The molecule has 0 aliphatic rings. The van der Waals surface area contributed by atoms with Gasteiger partial charge in [0.15, 0.2) is 0 Å². The maximum atomic E-state index is 12.7. The average Bonchev–Trinajstić information content (AvgIpc) is 2.40. The molecule has 0 saturated carbocycles. The number of anilines is 1. The van der Waals surface area contributed by atoms with Crippen molar-refractivity contribution in [3.8, 4) is 0 Å². The highest BCUT2D eigenvalue weighted by Gasteiger charge is 2.30. The number of rotatable bonds is 3. The van der Waals surface area contributed by atoms with E-state index in [2.05, 4.69) is 10.5 Å². The van der Waals surface area contributed by atoms with E-state index in [0.29, 0.717) is 11.3 Å². The maximum Gasteiger partial charge on any atom is 0.416 e. The van der Waals surface area contributed by atoms with Crippen molar-refractivity contribution in [1.29, 1.82) is 0 Å². The van der Waals surface area contributed by atoms with E-state index in [4.69, 9.17) is 0 Å². The third-order valence-electron chi connectivity index (χ3n) is 2.47. The quantitative estimate of drug-likeness (QED) is 0.507. The fourth-order valence-electron chi connectivity index (χ4n) is 1.50. The van der Waals surface area contributed by atoms with Crippen LogP contribution in [0.4, 0.5) is 23.2 Å². The Bertz CT molecular complexity index is 603. The smallest absolute Gasteiger partial charge is 0.279 e. The monoisotopic (exact) mass is 282 g/mol. The zero-order valence-electron chi connectivity index (χ0n) is 10.2. The van der Waals surface area contributed by atoms with Crippen molar-refractivity contribution in [3.05, 3.63) is 65.5 Å².